The number of piperidine rings is 1. The molecular weight excluding hydrogens is 805 g/mol. The first-order chi connectivity index (χ1) is 29.0. The third-order valence-electron chi connectivity index (χ3n) is 13.5. The Morgan fingerprint density at radius 1 is 1.05 bits per heavy atom. The molecule has 0 radical (unpaired) electrons. The highest BCUT2D eigenvalue weighted by molar-refractivity contribution is 7.91. The van der Waals surface area contributed by atoms with Gasteiger partial charge in [-0.3, -0.25) is 28.7 Å². The normalized spacial score (nSPS) is 29.3. The average Bonchev–Trinajstić information content (AvgIpc) is 4.11. The Hall–Kier alpha value is -4.93. The predicted molar refractivity (Wildman–Crippen MR) is 226 cm³/mol. The number of fused-ring (bicyclic) bond motifs is 3. The van der Waals surface area contributed by atoms with E-state index in [9.17, 15) is 27.6 Å². The smallest absolute Gasteiger partial charge is 0.259 e. The van der Waals surface area contributed by atoms with Crippen molar-refractivity contribution in [2.24, 2.45) is 23.7 Å². The van der Waals surface area contributed by atoms with E-state index in [1.165, 1.54) is 11.8 Å². The number of hydrogen-bond donors (Lipinski definition) is 3. The van der Waals surface area contributed by atoms with Crippen molar-refractivity contribution in [2.45, 2.75) is 121 Å². The lowest BCUT2D eigenvalue weighted by molar-refractivity contribution is -0.144. The molecule has 5 aliphatic rings. The summed E-state index contributed by atoms with van der Waals surface area (Å²) in [6.07, 6.45) is 8.69. The SMILES string of the molecule is CCOc1cnc(O[C@@H]2C[C@H]3C(=O)N[C@]4(C(=O)NS(=O)(=O)C5(C)CC5)C[C@H]4C=CCC[C@@H](C)C[C@@H](C)[C@H](NC(=O)C4CCN(C(C)=O)CC4)C(=O)N3C2)c2ccc(OC)cc12. The number of sulfonamides is 1. The Kier molecular flexibility index (Phi) is 12.6. The van der Waals surface area contributed by atoms with E-state index in [0.717, 1.165) is 6.42 Å². The molecule has 16 nitrogen and oxygen atoms in total. The summed E-state index contributed by atoms with van der Waals surface area (Å²) in [6.45, 7) is 10.2. The summed E-state index contributed by atoms with van der Waals surface area (Å²) in [6, 6.07) is 3.25. The van der Waals surface area contributed by atoms with Gasteiger partial charge in [-0.25, -0.2) is 13.4 Å². The van der Waals surface area contributed by atoms with Gasteiger partial charge in [0, 0.05) is 49.0 Å². The molecule has 3 aliphatic heterocycles. The van der Waals surface area contributed by atoms with Gasteiger partial charge in [-0.15, -0.1) is 0 Å². The number of ether oxygens (including phenoxy) is 3. The summed E-state index contributed by atoms with van der Waals surface area (Å²) in [5, 5.41) is 7.35. The fourth-order valence-electron chi connectivity index (χ4n) is 9.14. The Bertz CT molecular complexity index is 2190. The van der Waals surface area contributed by atoms with Crippen LogP contribution >= 0.6 is 0 Å². The number of allylic oxidation sites excluding steroid dienone is 1. The highest BCUT2D eigenvalue weighted by atomic mass is 32.2. The van der Waals surface area contributed by atoms with E-state index in [4.69, 9.17) is 14.2 Å². The van der Waals surface area contributed by atoms with Gasteiger partial charge >= 0.3 is 0 Å². The van der Waals surface area contributed by atoms with Crippen LogP contribution in [-0.2, 0) is 34.0 Å². The van der Waals surface area contributed by atoms with Crippen LogP contribution in [0, 0.1) is 23.7 Å². The van der Waals surface area contributed by atoms with Crippen LogP contribution in [0.2, 0.25) is 0 Å². The number of nitrogens with one attached hydrogen (secondary N) is 3. The standard InChI is InChI=1S/C44H60N6O10S/c1-7-59-36-24-45-40(33-13-12-31(58-6)21-34(33)36)60-32-22-35-39(53)47-44(42(55)48-61(56,57)43(5)16-17-43)23-30(44)11-9-8-10-26(2)20-27(3)37(41(54)50(35)25-32)46-38(52)29-14-18-49(19-15-29)28(4)51/h9,11-13,21,24,26-27,29-30,32,35,37H,7-8,10,14-20,22-23,25H2,1-6H3,(H,46,52)(H,47,53)(H,48,55)/t26-,27-,30-,32-,35+,37+,44-/m1/s1. The minimum absolute atomic E-state index is 0.0215. The van der Waals surface area contributed by atoms with Crippen LogP contribution in [0.25, 0.3) is 10.8 Å². The third kappa shape index (κ3) is 9.17. The molecule has 4 heterocycles. The van der Waals surface area contributed by atoms with Crippen molar-refractivity contribution >= 4 is 50.3 Å². The molecule has 2 saturated carbocycles. The van der Waals surface area contributed by atoms with Crippen molar-refractivity contribution in [1.29, 1.82) is 0 Å². The zero-order valence-corrected chi connectivity index (χ0v) is 36.8. The fourth-order valence-corrected chi connectivity index (χ4v) is 10.5. The molecule has 0 bridgehead atoms. The lowest BCUT2D eigenvalue weighted by Gasteiger charge is -2.35. The molecule has 1 aromatic heterocycles. The van der Waals surface area contributed by atoms with E-state index < -0.39 is 68.1 Å². The molecule has 5 amide bonds. The molecule has 17 heteroatoms. The number of methoxy groups -OCH3 is 1. The number of amides is 5. The van der Waals surface area contributed by atoms with E-state index in [-0.39, 0.29) is 48.9 Å². The minimum atomic E-state index is -4.02. The monoisotopic (exact) mass is 864 g/mol. The quantitative estimate of drug-likeness (QED) is 0.295. The van der Waals surface area contributed by atoms with Crippen molar-refractivity contribution in [3.8, 4) is 17.4 Å². The fraction of sp³-hybridized carbons (Fsp3) is 0.636. The van der Waals surface area contributed by atoms with E-state index in [0.29, 0.717) is 80.5 Å². The molecule has 2 aliphatic carbocycles. The molecular formula is C44H60N6O10S. The Balaban J connectivity index is 1.22. The molecule has 3 N–H and O–H groups in total. The Morgan fingerprint density at radius 2 is 1.79 bits per heavy atom. The summed E-state index contributed by atoms with van der Waals surface area (Å²) in [4.78, 5) is 77.6. The molecule has 7 atom stereocenters. The van der Waals surface area contributed by atoms with Crippen molar-refractivity contribution in [3.63, 3.8) is 0 Å². The van der Waals surface area contributed by atoms with Crippen LogP contribution < -0.4 is 29.6 Å². The van der Waals surface area contributed by atoms with Gasteiger partial charge < -0.3 is 34.6 Å². The summed E-state index contributed by atoms with van der Waals surface area (Å²) in [5.74, 6) is -1.88. The van der Waals surface area contributed by atoms with Gasteiger partial charge in [-0.2, -0.15) is 0 Å². The summed E-state index contributed by atoms with van der Waals surface area (Å²) < 4.78 is 45.7. The van der Waals surface area contributed by atoms with Gasteiger partial charge in [0.1, 0.15) is 35.2 Å². The maximum absolute atomic E-state index is 15.1. The number of aromatic nitrogens is 1. The van der Waals surface area contributed by atoms with Crippen molar-refractivity contribution < 1.29 is 46.6 Å². The van der Waals surface area contributed by atoms with Crippen LogP contribution in [0.1, 0.15) is 92.4 Å². The first kappa shape index (κ1) is 44.1. The minimum Gasteiger partial charge on any atom is -0.497 e. The Labute approximate surface area is 357 Å². The van der Waals surface area contributed by atoms with Crippen LogP contribution in [0.15, 0.2) is 36.5 Å². The van der Waals surface area contributed by atoms with Gasteiger partial charge in [0.2, 0.25) is 39.5 Å². The molecule has 2 saturated heterocycles. The molecule has 4 fully saturated rings. The third-order valence-corrected chi connectivity index (χ3v) is 15.6. The zero-order valence-electron chi connectivity index (χ0n) is 36.0. The molecule has 0 unspecified atom stereocenters. The second-order valence-electron chi connectivity index (χ2n) is 18.0. The topological polar surface area (TPSA) is 203 Å². The second-order valence-corrected chi connectivity index (χ2v) is 20.2. The number of rotatable bonds is 10. The number of benzene rings is 1. The van der Waals surface area contributed by atoms with Crippen LogP contribution in [-0.4, -0.2) is 115 Å². The Morgan fingerprint density at radius 3 is 2.46 bits per heavy atom. The first-order valence-electron chi connectivity index (χ1n) is 21.7. The maximum atomic E-state index is 15.1. The van der Waals surface area contributed by atoms with Crippen LogP contribution in [0.5, 0.6) is 17.4 Å². The van der Waals surface area contributed by atoms with Crippen LogP contribution in [0.4, 0.5) is 0 Å². The predicted octanol–water partition coefficient (Wildman–Crippen LogP) is 3.62. The van der Waals surface area contributed by atoms with Crippen molar-refractivity contribution in [1.82, 2.24) is 30.1 Å². The molecule has 332 valence electrons. The molecule has 7 rings (SSSR count). The lowest BCUT2D eigenvalue weighted by Crippen LogP contribution is -2.59. The van der Waals surface area contributed by atoms with E-state index in [2.05, 4.69) is 27.3 Å². The number of likely N-dealkylation sites (tertiary alicyclic amines) is 1. The van der Waals surface area contributed by atoms with Crippen molar-refractivity contribution in [2.75, 3.05) is 33.4 Å². The molecule has 2 aromatic rings. The van der Waals surface area contributed by atoms with Gasteiger partial charge in [0.25, 0.3) is 5.91 Å². The number of carbonyl (C=O) groups excluding carboxylic acids is 5. The number of nitrogens with zero attached hydrogens (tertiary/aromatic N) is 3. The summed E-state index contributed by atoms with van der Waals surface area (Å²) >= 11 is 0. The van der Waals surface area contributed by atoms with Gasteiger partial charge in [-0.05, 0) is 95.2 Å². The lowest BCUT2D eigenvalue weighted by atomic mass is 9.87. The molecule has 61 heavy (non-hydrogen) atoms. The molecule has 1 aromatic carbocycles. The van der Waals surface area contributed by atoms with Gasteiger partial charge in [-0.1, -0.05) is 26.0 Å². The van der Waals surface area contributed by atoms with E-state index in [1.54, 1.807) is 37.3 Å². The van der Waals surface area contributed by atoms with Gasteiger partial charge in [0.15, 0.2) is 0 Å². The molecule has 0 spiro atoms. The van der Waals surface area contributed by atoms with E-state index >= 15 is 4.79 Å². The number of carbonyl (C=O) groups is 5. The highest BCUT2D eigenvalue weighted by Gasteiger charge is 2.63. The highest BCUT2D eigenvalue weighted by Crippen LogP contribution is 2.48. The van der Waals surface area contributed by atoms with Crippen molar-refractivity contribution in [3.05, 3.63) is 36.5 Å². The zero-order chi connectivity index (χ0) is 43.9. The largest absolute Gasteiger partial charge is 0.497 e. The average molecular weight is 865 g/mol. The summed E-state index contributed by atoms with van der Waals surface area (Å²) in [5.41, 5.74) is -1.55. The second kappa shape index (κ2) is 17.4. The summed E-state index contributed by atoms with van der Waals surface area (Å²) in [7, 11) is -2.46. The van der Waals surface area contributed by atoms with Crippen LogP contribution in [0.3, 0.4) is 0 Å². The van der Waals surface area contributed by atoms with E-state index in [1.807, 2.05) is 32.1 Å². The van der Waals surface area contributed by atoms with Gasteiger partial charge in [0.05, 0.1) is 31.2 Å². The number of pyridine rings is 1. The maximum Gasteiger partial charge on any atom is 0.259 e. The first-order valence-corrected chi connectivity index (χ1v) is 23.2. The number of hydrogen-bond acceptors (Lipinski definition) is 11.